The number of benzene rings is 1. The highest BCUT2D eigenvalue weighted by atomic mass is 35.5. The van der Waals surface area contributed by atoms with Crippen molar-refractivity contribution in [3.8, 4) is 10.6 Å². The van der Waals surface area contributed by atoms with Crippen LogP contribution in [0.1, 0.15) is 26.5 Å². The van der Waals surface area contributed by atoms with Crippen LogP contribution in [-0.4, -0.2) is 4.98 Å². The lowest BCUT2D eigenvalue weighted by molar-refractivity contribution is 0.407. The van der Waals surface area contributed by atoms with Crippen LogP contribution in [0, 0.1) is 5.41 Å². The highest BCUT2D eigenvalue weighted by molar-refractivity contribution is 7.13. The second kappa shape index (κ2) is 4.79. The average molecular weight is 266 g/mol. The minimum Gasteiger partial charge on any atom is -0.241 e. The van der Waals surface area contributed by atoms with Crippen molar-refractivity contribution in [3.63, 3.8) is 0 Å². The van der Waals surface area contributed by atoms with Gasteiger partial charge < -0.3 is 0 Å². The average Bonchev–Trinajstić information content (AvgIpc) is 2.64. The molecule has 1 nitrogen and oxygen atoms in total. The molecule has 0 aliphatic carbocycles. The van der Waals surface area contributed by atoms with Crippen molar-refractivity contribution in [2.75, 3.05) is 0 Å². The van der Waals surface area contributed by atoms with E-state index in [4.69, 9.17) is 11.6 Å². The maximum Gasteiger partial charge on any atom is 0.123 e. The third-order valence-corrected chi connectivity index (χ3v) is 3.55. The van der Waals surface area contributed by atoms with Crippen LogP contribution in [-0.2, 0) is 6.42 Å². The van der Waals surface area contributed by atoms with E-state index in [9.17, 15) is 0 Å². The number of hydrogen-bond donors (Lipinski definition) is 0. The van der Waals surface area contributed by atoms with Gasteiger partial charge in [-0.1, -0.05) is 44.5 Å². The monoisotopic (exact) mass is 265 g/mol. The smallest absolute Gasteiger partial charge is 0.123 e. The first-order valence-corrected chi connectivity index (χ1v) is 6.90. The second-order valence-electron chi connectivity index (χ2n) is 5.39. The van der Waals surface area contributed by atoms with Crippen LogP contribution in [0.15, 0.2) is 29.6 Å². The highest BCUT2D eigenvalue weighted by Crippen LogP contribution is 2.28. The zero-order valence-electron chi connectivity index (χ0n) is 10.3. The molecule has 2 rings (SSSR count). The van der Waals surface area contributed by atoms with E-state index in [0.717, 1.165) is 22.0 Å². The van der Waals surface area contributed by atoms with Crippen molar-refractivity contribution in [2.24, 2.45) is 5.41 Å². The molecule has 1 heterocycles. The predicted molar refractivity (Wildman–Crippen MR) is 75.7 cm³/mol. The van der Waals surface area contributed by atoms with Crippen LogP contribution >= 0.6 is 22.9 Å². The van der Waals surface area contributed by atoms with Gasteiger partial charge in [-0.25, -0.2) is 4.98 Å². The van der Waals surface area contributed by atoms with E-state index in [1.54, 1.807) is 11.3 Å². The van der Waals surface area contributed by atoms with Crippen molar-refractivity contribution >= 4 is 22.9 Å². The summed E-state index contributed by atoms with van der Waals surface area (Å²) in [6.07, 6.45) is 1.01. The summed E-state index contributed by atoms with van der Waals surface area (Å²) in [5, 5.41) is 3.98. The largest absolute Gasteiger partial charge is 0.241 e. The molecule has 1 aromatic carbocycles. The Morgan fingerprint density at radius 3 is 2.41 bits per heavy atom. The molecule has 3 heteroatoms. The fourth-order valence-corrected chi connectivity index (χ4v) is 2.61. The van der Waals surface area contributed by atoms with Gasteiger partial charge in [-0.3, -0.25) is 0 Å². The van der Waals surface area contributed by atoms with Crippen molar-refractivity contribution in [1.29, 1.82) is 0 Å². The number of thiazole rings is 1. The van der Waals surface area contributed by atoms with Crippen molar-refractivity contribution in [3.05, 3.63) is 40.4 Å². The molecule has 0 atom stereocenters. The molecule has 2 aromatic rings. The van der Waals surface area contributed by atoms with Crippen LogP contribution in [0.2, 0.25) is 5.02 Å². The zero-order valence-corrected chi connectivity index (χ0v) is 11.9. The SMILES string of the molecule is CC(C)(C)Cc1csc(-c2ccc(Cl)cc2)n1. The summed E-state index contributed by atoms with van der Waals surface area (Å²) in [6, 6.07) is 7.84. The van der Waals surface area contributed by atoms with Crippen LogP contribution in [0.5, 0.6) is 0 Å². The van der Waals surface area contributed by atoms with Gasteiger partial charge in [0.05, 0.1) is 5.69 Å². The molecule has 0 bridgehead atoms. The summed E-state index contributed by atoms with van der Waals surface area (Å²) < 4.78 is 0. The van der Waals surface area contributed by atoms with Crippen LogP contribution in [0.25, 0.3) is 10.6 Å². The lowest BCUT2D eigenvalue weighted by Crippen LogP contribution is -2.09. The highest BCUT2D eigenvalue weighted by Gasteiger charge is 2.14. The minimum atomic E-state index is 0.283. The van der Waals surface area contributed by atoms with Gasteiger partial charge in [0, 0.05) is 16.0 Å². The molecule has 0 fully saturated rings. The molecule has 0 aliphatic heterocycles. The standard InChI is InChI=1S/C14H16ClNS/c1-14(2,3)8-12-9-17-13(16-12)10-4-6-11(15)7-5-10/h4-7,9H,8H2,1-3H3. The van der Waals surface area contributed by atoms with Gasteiger partial charge in [0.15, 0.2) is 0 Å². The Kier molecular flexibility index (Phi) is 3.55. The fourth-order valence-electron chi connectivity index (χ4n) is 1.66. The topological polar surface area (TPSA) is 12.9 Å². The molecule has 0 aliphatic rings. The van der Waals surface area contributed by atoms with Crippen molar-refractivity contribution < 1.29 is 0 Å². The van der Waals surface area contributed by atoms with Gasteiger partial charge in [-0.05, 0) is 24.0 Å². The van der Waals surface area contributed by atoms with E-state index in [-0.39, 0.29) is 5.41 Å². The Hall–Kier alpha value is -0.860. The molecule has 17 heavy (non-hydrogen) atoms. The van der Waals surface area contributed by atoms with E-state index in [1.807, 2.05) is 24.3 Å². The maximum atomic E-state index is 5.87. The van der Waals surface area contributed by atoms with E-state index in [1.165, 1.54) is 5.69 Å². The molecule has 0 saturated carbocycles. The molecule has 90 valence electrons. The summed E-state index contributed by atoms with van der Waals surface area (Å²) >= 11 is 7.57. The third kappa shape index (κ3) is 3.55. The quantitative estimate of drug-likeness (QED) is 0.740. The van der Waals surface area contributed by atoms with Gasteiger partial charge in [-0.15, -0.1) is 11.3 Å². The molecule has 0 amide bonds. The van der Waals surface area contributed by atoms with Crippen LogP contribution in [0.3, 0.4) is 0 Å². The molecule has 1 aromatic heterocycles. The predicted octanol–water partition coefficient (Wildman–Crippen LogP) is 5.05. The summed E-state index contributed by atoms with van der Waals surface area (Å²) in [4.78, 5) is 4.67. The first-order chi connectivity index (χ1) is 7.94. The lowest BCUT2D eigenvalue weighted by atomic mass is 9.91. The number of nitrogens with zero attached hydrogens (tertiary/aromatic N) is 1. The number of rotatable bonds is 2. The first kappa shape index (κ1) is 12.6. The van der Waals surface area contributed by atoms with Gasteiger partial charge in [-0.2, -0.15) is 0 Å². The third-order valence-electron chi connectivity index (χ3n) is 2.35. The molecular weight excluding hydrogens is 250 g/mol. The Morgan fingerprint density at radius 1 is 1.18 bits per heavy atom. The van der Waals surface area contributed by atoms with E-state index in [2.05, 4.69) is 31.1 Å². The molecule has 0 unspecified atom stereocenters. The van der Waals surface area contributed by atoms with Crippen molar-refractivity contribution in [2.45, 2.75) is 27.2 Å². The summed E-state index contributed by atoms with van der Waals surface area (Å²) in [6.45, 7) is 6.69. The van der Waals surface area contributed by atoms with Gasteiger partial charge in [0.1, 0.15) is 5.01 Å². The second-order valence-corrected chi connectivity index (χ2v) is 6.68. The fraction of sp³-hybridized carbons (Fsp3) is 0.357. The minimum absolute atomic E-state index is 0.283. The Morgan fingerprint density at radius 2 is 1.82 bits per heavy atom. The van der Waals surface area contributed by atoms with Gasteiger partial charge in [0.25, 0.3) is 0 Å². The molecule has 0 radical (unpaired) electrons. The lowest BCUT2D eigenvalue weighted by Gasteiger charge is -2.15. The van der Waals surface area contributed by atoms with E-state index >= 15 is 0 Å². The van der Waals surface area contributed by atoms with Crippen LogP contribution < -0.4 is 0 Å². The zero-order chi connectivity index (χ0) is 12.5. The summed E-state index contributed by atoms with van der Waals surface area (Å²) in [5.74, 6) is 0. The number of aromatic nitrogens is 1. The molecule has 0 spiro atoms. The molecule has 0 saturated heterocycles. The first-order valence-electron chi connectivity index (χ1n) is 5.64. The molecule has 0 N–H and O–H groups in total. The number of hydrogen-bond acceptors (Lipinski definition) is 2. The van der Waals surface area contributed by atoms with Crippen molar-refractivity contribution in [1.82, 2.24) is 4.98 Å². The Bertz CT molecular complexity index is 494. The Balaban J connectivity index is 2.21. The maximum absolute atomic E-state index is 5.87. The van der Waals surface area contributed by atoms with E-state index < -0.39 is 0 Å². The van der Waals surface area contributed by atoms with Crippen LogP contribution in [0.4, 0.5) is 0 Å². The molecular formula is C14H16ClNS. The van der Waals surface area contributed by atoms with E-state index in [0.29, 0.717) is 0 Å². The van der Waals surface area contributed by atoms with Gasteiger partial charge in [0.2, 0.25) is 0 Å². The summed E-state index contributed by atoms with van der Waals surface area (Å²) in [5.41, 5.74) is 2.60. The number of halogens is 1. The summed E-state index contributed by atoms with van der Waals surface area (Å²) in [7, 11) is 0. The Labute approximate surface area is 111 Å². The van der Waals surface area contributed by atoms with Gasteiger partial charge >= 0.3 is 0 Å². The normalized spacial score (nSPS) is 11.8.